The lowest BCUT2D eigenvalue weighted by atomic mass is 10.1. The van der Waals surface area contributed by atoms with Crippen LogP contribution in [0.2, 0.25) is 10.0 Å². The number of hydrogen-bond donors (Lipinski definition) is 1. The molecule has 3 aromatic rings. The SMILES string of the molecule is Cn1cnnc1Sc1ccc(NC(=O)Cc2c(Cl)cccc2Cl)cc1. The van der Waals surface area contributed by atoms with Crippen LogP contribution in [-0.2, 0) is 18.3 Å². The van der Waals surface area contributed by atoms with Crippen molar-refractivity contribution in [1.82, 2.24) is 14.8 Å². The van der Waals surface area contributed by atoms with Gasteiger partial charge in [0.25, 0.3) is 0 Å². The quantitative estimate of drug-likeness (QED) is 0.696. The first-order valence-electron chi connectivity index (χ1n) is 7.37. The van der Waals surface area contributed by atoms with Crippen molar-refractivity contribution < 1.29 is 4.79 Å². The molecule has 0 aliphatic rings. The van der Waals surface area contributed by atoms with Gasteiger partial charge >= 0.3 is 0 Å². The van der Waals surface area contributed by atoms with Gasteiger partial charge in [0.2, 0.25) is 5.91 Å². The lowest BCUT2D eigenvalue weighted by molar-refractivity contribution is -0.115. The number of nitrogens with one attached hydrogen (secondary N) is 1. The van der Waals surface area contributed by atoms with Crippen LogP contribution in [0.4, 0.5) is 5.69 Å². The molecule has 3 rings (SSSR count). The molecule has 0 atom stereocenters. The van der Waals surface area contributed by atoms with Gasteiger partial charge in [-0.25, -0.2) is 0 Å². The van der Waals surface area contributed by atoms with Crippen LogP contribution in [0, 0.1) is 0 Å². The summed E-state index contributed by atoms with van der Waals surface area (Å²) in [4.78, 5) is 13.2. The van der Waals surface area contributed by atoms with Crippen molar-refractivity contribution in [2.75, 3.05) is 5.32 Å². The number of carbonyl (C=O) groups excluding carboxylic acids is 1. The smallest absolute Gasteiger partial charge is 0.228 e. The van der Waals surface area contributed by atoms with Crippen molar-refractivity contribution in [1.29, 1.82) is 0 Å². The molecule has 0 saturated heterocycles. The highest BCUT2D eigenvalue weighted by Gasteiger charge is 2.11. The molecule has 1 N–H and O–H groups in total. The minimum Gasteiger partial charge on any atom is -0.326 e. The topological polar surface area (TPSA) is 59.8 Å². The van der Waals surface area contributed by atoms with Crippen LogP contribution in [-0.4, -0.2) is 20.7 Å². The van der Waals surface area contributed by atoms with Gasteiger partial charge < -0.3 is 9.88 Å². The van der Waals surface area contributed by atoms with Crippen LogP contribution < -0.4 is 5.32 Å². The van der Waals surface area contributed by atoms with E-state index in [9.17, 15) is 4.79 Å². The molecule has 0 unspecified atom stereocenters. The summed E-state index contributed by atoms with van der Waals surface area (Å²) in [6.07, 6.45) is 1.77. The second-order valence-corrected chi connectivity index (χ2v) is 7.13. The van der Waals surface area contributed by atoms with Gasteiger partial charge in [-0.05, 0) is 53.7 Å². The van der Waals surface area contributed by atoms with Crippen molar-refractivity contribution >= 4 is 46.6 Å². The number of carbonyl (C=O) groups is 1. The Labute approximate surface area is 159 Å². The van der Waals surface area contributed by atoms with Crippen molar-refractivity contribution in [3.63, 3.8) is 0 Å². The number of amides is 1. The summed E-state index contributed by atoms with van der Waals surface area (Å²) in [5.74, 6) is -0.177. The highest BCUT2D eigenvalue weighted by atomic mass is 35.5. The molecule has 0 radical (unpaired) electrons. The van der Waals surface area contributed by atoms with E-state index in [4.69, 9.17) is 23.2 Å². The summed E-state index contributed by atoms with van der Waals surface area (Å²) in [5.41, 5.74) is 1.33. The van der Waals surface area contributed by atoms with Gasteiger partial charge in [0, 0.05) is 27.7 Å². The van der Waals surface area contributed by atoms with Crippen LogP contribution in [0.1, 0.15) is 5.56 Å². The van der Waals surface area contributed by atoms with Crippen molar-refractivity contribution in [3.8, 4) is 0 Å². The first kappa shape index (κ1) is 17.8. The first-order valence-corrected chi connectivity index (χ1v) is 8.95. The van der Waals surface area contributed by atoms with E-state index in [1.54, 1.807) is 24.5 Å². The number of anilines is 1. The number of hydrogen-bond acceptors (Lipinski definition) is 4. The summed E-state index contributed by atoms with van der Waals surface area (Å²) < 4.78 is 1.84. The Morgan fingerprint density at radius 1 is 1.16 bits per heavy atom. The summed E-state index contributed by atoms with van der Waals surface area (Å²) >= 11 is 13.7. The third-order valence-corrected chi connectivity index (χ3v) is 5.18. The Bertz CT molecular complexity index is 876. The molecule has 0 fully saturated rings. The fraction of sp³-hybridized carbons (Fsp3) is 0.118. The van der Waals surface area contributed by atoms with E-state index in [2.05, 4.69) is 15.5 Å². The van der Waals surface area contributed by atoms with Crippen molar-refractivity contribution in [2.45, 2.75) is 16.5 Å². The molecule has 0 aliphatic carbocycles. The predicted octanol–water partition coefficient (Wildman–Crippen LogP) is 4.45. The predicted molar refractivity (Wildman–Crippen MR) is 100 cm³/mol. The van der Waals surface area contributed by atoms with Gasteiger partial charge in [-0.15, -0.1) is 10.2 Å². The second kappa shape index (κ2) is 7.91. The normalized spacial score (nSPS) is 10.7. The van der Waals surface area contributed by atoms with Crippen LogP contribution in [0.5, 0.6) is 0 Å². The largest absolute Gasteiger partial charge is 0.326 e. The van der Waals surface area contributed by atoms with Crippen LogP contribution in [0.25, 0.3) is 0 Å². The third-order valence-electron chi connectivity index (χ3n) is 3.42. The lowest BCUT2D eigenvalue weighted by Gasteiger charge is -2.09. The molecule has 5 nitrogen and oxygen atoms in total. The van der Waals surface area contributed by atoms with E-state index in [1.165, 1.54) is 11.8 Å². The third kappa shape index (κ3) is 4.54. The summed E-state index contributed by atoms with van der Waals surface area (Å²) in [6, 6.07) is 12.7. The van der Waals surface area contributed by atoms with Crippen molar-refractivity contribution in [3.05, 3.63) is 64.4 Å². The molecule has 0 saturated carbocycles. The molecule has 1 amide bonds. The van der Waals surface area contributed by atoms with E-state index < -0.39 is 0 Å². The Balaban J connectivity index is 1.63. The molecule has 1 heterocycles. The second-order valence-electron chi connectivity index (χ2n) is 5.28. The van der Waals surface area contributed by atoms with Gasteiger partial charge in [-0.1, -0.05) is 29.3 Å². The van der Waals surface area contributed by atoms with E-state index >= 15 is 0 Å². The minimum absolute atomic E-state index is 0.119. The first-order chi connectivity index (χ1) is 12.0. The Morgan fingerprint density at radius 2 is 1.84 bits per heavy atom. The zero-order valence-electron chi connectivity index (χ0n) is 13.2. The molecule has 0 spiro atoms. The molecule has 1 aromatic heterocycles. The summed E-state index contributed by atoms with van der Waals surface area (Å²) in [7, 11) is 1.89. The molecule has 8 heteroatoms. The Hall–Kier alpha value is -2.02. The van der Waals surface area contributed by atoms with Gasteiger partial charge in [0.1, 0.15) is 6.33 Å². The molecular weight excluding hydrogens is 379 g/mol. The Kier molecular flexibility index (Phi) is 5.63. The van der Waals surface area contributed by atoms with Gasteiger partial charge in [0.15, 0.2) is 5.16 Å². The number of halogens is 2. The van der Waals surface area contributed by atoms with E-state index in [1.807, 2.05) is 35.9 Å². The maximum absolute atomic E-state index is 12.2. The maximum Gasteiger partial charge on any atom is 0.228 e. The average Bonchev–Trinajstić information content (AvgIpc) is 2.98. The summed E-state index contributed by atoms with van der Waals surface area (Å²) in [5, 5.41) is 12.5. The number of nitrogens with zero attached hydrogens (tertiary/aromatic N) is 3. The van der Waals surface area contributed by atoms with Crippen LogP contribution >= 0.6 is 35.0 Å². The number of aryl methyl sites for hydroxylation is 1. The zero-order chi connectivity index (χ0) is 17.8. The van der Waals surface area contributed by atoms with Crippen LogP contribution in [0.3, 0.4) is 0 Å². The highest BCUT2D eigenvalue weighted by molar-refractivity contribution is 7.99. The molecule has 0 aliphatic heterocycles. The molecule has 2 aromatic carbocycles. The standard InChI is InChI=1S/C17H14Cl2N4OS/c1-23-10-20-22-17(23)25-12-7-5-11(6-8-12)21-16(24)9-13-14(18)3-2-4-15(13)19/h2-8,10H,9H2,1H3,(H,21,24). The van der Waals surface area contributed by atoms with Gasteiger partial charge in [-0.3, -0.25) is 4.79 Å². The van der Waals surface area contributed by atoms with E-state index in [-0.39, 0.29) is 12.3 Å². The van der Waals surface area contributed by atoms with E-state index in [0.29, 0.717) is 21.3 Å². The van der Waals surface area contributed by atoms with Gasteiger partial charge in [-0.2, -0.15) is 0 Å². The minimum atomic E-state index is -0.177. The Morgan fingerprint density at radius 3 is 2.44 bits per heavy atom. The molecular formula is C17H14Cl2N4OS. The fourth-order valence-corrected chi connectivity index (χ4v) is 3.44. The van der Waals surface area contributed by atoms with Gasteiger partial charge in [0.05, 0.1) is 6.42 Å². The molecule has 0 bridgehead atoms. The fourth-order valence-electron chi connectivity index (χ4n) is 2.14. The lowest BCUT2D eigenvalue weighted by Crippen LogP contribution is -2.14. The van der Waals surface area contributed by atoms with E-state index in [0.717, 1.165) is 10.1 Å². The monoisotopic (exact) mass is 392 g/mol. The maximum atomic E-state index is 12.2. The molecule has 128 valence electrons. The highest BCUT2D eigenvalue weighted by Crippen LogP contribution is 2.27. The summed E-state index contributed by atoms with van der Waals surface area (Å²) in [6.45, 7) is 0. The van der Waals surface area contributed by atoms with Crippen LogP contribution in [0.15, 0.2) is 58.8 Å². The molecule has 25 heavy (non-hydrogen) atoms. The zero-order valence-corrected chi connectivity index (χ0v) is 15.6. The number of aromatic nitrogens is 3. The number of benzene rings is 2. The average molecular weight is 393 g/mol. The van der Waals surface area contributed by atoms with Crippen molar-refractivity contribution in [2.24, 2.45) is 7.05 Å². The number of rotatable bonds is 5.